The van der Waals surface area contributed by atoms with Gasteiger partial charge in [-0.1, -0.05) is 45.4 Å². The third-order valence-electron chi connectivity index (χ3n) is 5.82. The summed E-state index contributed by atoms with van der Waals surface area (Å²) < 4.78 is 8.57. The molecule has 1 amide bonds. The number of benzene rings is 1. The molecule has 7 heteroatoms. The van der Waals surface area contributed by atoms with Crippen molar-refractivity contribution >= 4 is 38.2 Å². The minimum Gasteiger partial charge on any atom is -0.491 e. The van der Waals surface area contributed by atoms with Crippen molar-refractivity contribution in [1.82, 2.24) is 14.4 Å². The van der Waals surface area contributed by atoms with Gasteiger partial charge >= 0.3 is 0 Å². The van der Waals surface area contributed by atoms with E-state index in [-0.39, 0.29) is 11.5 Å². The van der Waals surface area contributed by atoms with Gasteiger partial charge in [-0.25, -0.2) is 0 Å². The maximum absolute atomic E-state index is 13.4. The molecule has 0 aliphatic heterocycles. The smallest absolute Gasteiger partial charge is 0.267 e. The second-order valence-electron chi connectivity index (χ2n) is 7.80. The largest absolute Gasteiger partial charge is 0.491 e. The molecule has 0 atom stereocenters. The summed E-state index contributed by atoms with van der Waals surface area (Å²) >= 11 is 1.37. The molecular weight excluding hydrogens is 410 g/mol. The van der Waals surface area contributed by atoms with Gasteiger partial charge in [0.25, 0.3) is 11.5 Å². The summed E-state index contributed by atoms with van der Waals surface area (Å²) in [7, 11) is 3.59. The molecule has 0 aliphatic rings. The molecule has 0 unspecified atom stereocenters. The molecule has 31 heavy (non-hydrogen) atoms. The molecular formula is C24H33N3O3S. The third-order valence-corrected chi connectivity index (χ3v) is 7.02. The Balaban J connectivity index is 2.10. The van der Waals surface area contributed by atoms with Gasteiger partial charge in [0, 0.05) is 32.6 Å². The Morgan fingerprint density at radius 2 is 1.84 bits per heavy atom. The van der Waals surface area contributed by atoms with Gasteiger partial charge in [-0.3, -0.25) is 9.59 Å². The highest BCUT2D eigenvalue weighted by molar-refractivity contribution is 7.22. The standard InChI is InChI=1S/C24H33N3O3S/c1-6-9-16-30-20-19-21(17-12-10-11-13-18(17)26(5)23(19)28)31-22(20)24(29)25(4)14-15-27(7-2)8-3/h10-13H,6-9,14-16H2,1-5H3. The third kappa shape index (κ3) is 4.62. The lowest BCUT2D eigenvalue weighted by Crippen LogP contribution is -2.36. The predicted molar refractivity (Wildman–Crippen MR) is 130 cm³/mol. The van der Waals surface area contributed by atoms with Crippen LogP contribution in [0.15, 0.2) is 29.1 Å². The number of likely N-dealkylation sites (N-methyl/N-ethyl adjacent to an activating group) is 2. The molecule has 0 radical (unpaired) electrons. The van der Waals surface area contributed by atoms with E-state index < -0.39 is 0 Å². The fourth-order valence-corrected chi connectivity index (χ4v) is 5.00. The number of carbonyl (C=O) groups excluding carboxylic acids is 1. The number of hydrogen-bond acceptors (Lipinski definition) is 5. The van der Waals surface area contributed by atoms with Gasteiger partial charge in [0.2, 0.25) is 0 Å². The summed E-state index contributed by atoms with van der Waals surface area (Å²) in [6.45, 7) is 10.2. The molecule has 0 aliphatic carbocycles. The number of aryl methyl sites for hydroxylation is 1. The molecule has 0 fully saturated rings. The van der Waals surface area contributed by atoms with Crippen LogP contribution < -0.4 is 10.3 Å². The van der Waals surface area contributed by atoms with Crippen molar-refractivity contribution in [2.75, 3.05) is 39.8 Å². The molecule has 0 spiro atoms. The van der Waals surface area contributed by atoms with E-state index in [4.69, 9.17) is 4.74 Å². The van der Waals surface area contributed by atoms with Gasteiger partial charge < -0.3 is 19.1 Å². The summed E-state index contributed by atoms with van der Waals surface area (Å²) in [6.07, 6.45) is 1.85. The number of thiophene rings is 1. The summed E-state index contributed by atoms with van der Waals surface area (Å²) in [4.78, 5) is 31.2. The van der Waals surface area contributed by atoms with Crippen molar-refractivity contribution < 1.29 is 9.53 Å². The molecule has 0 bridgehead atoms. The second kappa shape index (κ2) is 10.3. The molecule has 2 aromatic heterocycles. The number of ether oxygens (including phenoxy) is 1. The molecule has 0 saturated heterocycles. The first-order valence-corrected chi connectivity index (χ1v) is 11.9. The fourth-order valence-electron chi connectivity index (χ4n) is 3.74. The van der Waals surface area contributed by atoms with Crippen molar-refractivity contribution in [3.63, 3.8) is 0 Å². The lowest BCUT2D eigenvalue weighted by atomic mass is 10.1. The van der Waals surface area contributed by atoms with Crippen LogP contribution in [0.1, 0.15) is 43.3 Å². The normalized spacial score (nSPS) is 11.5. The van der Waals surface area contributed by atoms with Gasteiger partial charge in [-0.2, -0.15) is 0 Å². The number of pyridine rings is 1. The zero-order valence-corrected chi connectivity index (χ0v) is 20.1. The van der Waals surface area contributed by atoms with Crippen LogP contribution in [0.5, 0.6) is 5.75 Å². The monoisotopic (exact) mass is 443 g/mol. The topological polar surface area (TPSA) is 54.8 Å². The van der Waals surface area contributed by atoms with Crippen molar-refractivity contribution in [3.05, 3.63) is 39.5 Å². The van der Waals surface area contributed by atoms with Crippen LogP contribution in [-0.4, -0.2) is 60.1 Å². The lowest BCUT2D eigenvalue weighted by molar-refractivity contribution is 0.0780. The summed E-state index contributed by atoms with van der Waals surface area (Å²) in [6, 6.07) is 7.82. The zero-order valence-electron chi connectivity index (χ0n) is 19.2. The van der Waals surface area contributed by atoms with E-state index in [1.807, 2.05) is 31.3 Å². The Morgan fingerprint density at radius 1 is 1.13 bits per heavy atom. The Bertz CT molecular complexity index is 1110. The van der Waals surface area contributed by atoms with Crippen LogP contribution in [0.3, 0.4) is 0 Å². The summed E-state index contributed by atoms with van der Waals surface area (Å²) in [5.41, 5.74) is 0.733. The van der Waals surface area contributed by atoms with E-state index >= 15 is 0 Å². The highest BCUT2D eigenvalue weighted by Crippen LogP contribution is 2.40. The Hall–Kier alpha value is -2.38. The maximum atomic E-state index is 13.4. The van der Waals surface area contributed by atoms with Crippen LogP contribution in [0.2, 0.25) is 0 Å². The second-order valence-corrected chi connectivity index (χ2v) is 8.82. The molecule has 2 heterocycles. The summed E-state index contributed by atoms with van der Waals surface area (Å²) in [5.74, 6) is 0.352. The quantitative estimate of drug-likeness (QED) is 0.437. The van der Waals surface area contributed by atoms with E-state index in [2.05, 4.69) is 25.7 Å². The van der Waals surface area contributed by atoms with Gasteiger partial charge in [-0.05, 0) is 25.6 Å². The first-order chi connectivity index (χ1) is 14.9. The van der Waals surface area contributed by atoms with Crippen LogP contribution in [0.25, 0.3) is 21.0 Å². The number of hydrogen-bond donors (Lipinski definition) is 0. The Morgan fingerprint density at radius 3 is 2.52 bits per heavy atom. The fraction of sp³-hybridized carbons (Fsp3) is 0.500. The molecule has 6 nitrogen and oxygen atoms in total. The highest BCUT2D eigenvalue weighted by atomic mass is 32.1. The zero-order chi connectivity index (χ0) is 22.5. The number of unbranched alkanes of at least 4 members (excludes halogenated alkanes) is 1. The van der Waals surface area contributed by atoms with Crippen molar-refractivity contribution in [3.8, 4) is 5.75 Å². The number of rotatable bonds is 10. The van der Waals surface area contributed by atoms with Gasteiger partial charge in [0.05, 0.1) is 16.8 Å². The SMILES string of the molecule is CCCCOc1c(C(=O)N(C)CCN(CC)CC)sc2c1c(=O)n(C)c1ccccc21. The Kier molecular flexibility index (Phi) is 7.73. The molecule has 3 rings (SSSR count). The minimum atomic E-state index is -0.124. The summed E-state index contributed by atoms with van der Waals surface area (Å²) in [5, 5.41) is 1.48. The minimum absolute atomic E-state index is 0.0917. The number of para-hydroxylation sites is 1. The number of aromatic nitrogens is 1. The lowest BCUT2D eigenvalue weighted by Gasteiger charge is -2.23. The number of fused-ring (bicyclic) bond motifs is 3. The van der Waals surface area contributed by atoms with E-state index in [0.717, 1.165) is 48.1 Å². The number of carbonyl (C=O) groups is 1. The molecule has 168 valence electrons. The van der Waals surface area contributed by atoms with Crippen LogP contribution >= 0.6 is 11.3 Å². The van der Waals surface area contributed by atoms with Crippen molar-refractivity contribution in [2.45, 2.75) is 33.6 Å². The number of nitrogens with zero attached hydrogens (tertiary/aromatic N) is 3. The van der Waals surface area contributed by atoms with Crippen LogP contribution in [0, 0.1) is 0 Å². The van der Waals surface area contributed by atoms with Crippen molar-refractivity contribution in [2.24, 2.45) is 7.05 Å². The highest BCUT2D eigenvalue weighted by Gasteiger charge is 2.26. The first-order valence-electron chi connectivity index (χ1n) is 11.1. The first kappa shape index (κ1) is 23.3. The van der Waals surface area contributed by atoms with E-state index in [0.29, 0.717) is 29.2 Å². The van der Waals surface area contributed by atoms with Gasteiger partial charge in [0.15, 0.2) is 5.75 Å². The average Bonchev–Trinajstić information content (AvgIpc) is 3.17. The van der Waals surface area contributed by atoms with E-state index in [9.17, 15) is 9.59 Å². The van der Waals surface area contributed by atoms with Crippen LogP contribution in [0.4, 0.5) is 0 Å². The van der Waals surface area contributed by atoms with E-state index in [1.165, 1.54) is 11.3 Å². The molecule has 3 aromatic rings. The van der Waals surface area contributed by atoms with Gasteiger partial charge in [-0.15, -0.1) is 11.3 Å². The van der Waals surface area contributed by atoms with Crippen LogP contribution in [-0.2, 0) is 7.05 Å². The van der Waals surface area contributed by atoms with Crippen molar-refractivity contribution in [1.29, 1.82) is 0 Å². The maximum Gasteiger partial charge on any atom is 0.267 e. The Labute approximate surface area is 188 Å². The van der Waals surface area contributed by atoms with E-state index in [1.54, 1.807) is 16.5 Å². The molecule has 0 saturated carbocycles. The van der Waals surface area contributed by atoms with Gasteiger partial charge in [0.1, 0.15) is 10.3 Å². The average molecular weight is 444 g/mol. The predicted octanol–water partition coefficient (Wildman–Crippen LogP) is 4.35. The number of amides is 1. The molecule has 1 aromatic carbocycles. The molecule has 0 N–H and O–H groups in total.